The van der Waals surface area contributed by atoms with Crippen molar-refractivity contribution in [3.63, 3.8) is 0 Å². The van der Waals surface area contributed by atoms with E-state index < -0.39 is 11.3 Å². The van der Waals surface area contributed by atoms with Crippen LogP contribution in [0.15, 0.2) is 42.7 Å². The van der Waals surface area contributed by atoms with Crippen LogP contribution in [-0.4, -0.2) is 0 Å². The predicted octanol–water partition coefficient (Wildman–Crippen LogP) is 1.33. The first-order chi connectivity index (χ1) is 6.58. The first-order valence-electron chi connectivity index (χ1n) is 4.05. The maximum Gasteiger partial charge on any atom is 0.336 e. The molecule has 0 unspecified atom stereocenters. The summed E-state index contributed by atoms with van der Waals surface area (Å²) in [7, 11) is 0. The number of aryl methyl sites for hydroxylation is 2. The molecular weight excluding hydrogens is 184 g/mol. The molecule has 0 bridgehead atoms. The maximum absolute atomic E-state index is 11.0. The minimum Gasteiger partial charge on any atom is -0.428 e. The molecule has 0 aromatic carbocycles. The van der Waals surface area contributed by atoms with Crippen molar-refractivity contribution in [2.45, 2.75) is 13.8 Å². The molecule has 74 valence electrons. The van der Waals surface area contributed by atoms with Crippen molar-refractivity contribution >= 4 is 0 Å². The zero-order valence-electron chi connectivity index (χ0n) is 7.94. The highest BCUT2D eigenvalue weighted by molar-refractivity contribution is 4.97. The van der Waals surface area contributed by atoms with Gasteiger partial charge in [-0.25, -0.2) is 9.59 Å². The largest absolute Gasteiger partial charge is 0.428 e. The Morgan fingerprint density at radius 2 is 1.14 bits per heavy atom. The quantitative estimate of drug-likeness (QED) is 0.625. The molecule has 0 aliphatic carbocycles. The zero-order chi connectivity index (χ0) is 10.6. The van der Waals surface area contributed by atoms with E-state index in [1.54, 1.807) is 26.0 Å². The lowest BCUT2D eigenvalue weighted by Gasteiger charge is -1.85. The SMILES string of the molecule is Cc1ccc(C)oc(=O)ccc(=O)o1. The Bertz CT molecular complexity index is 435. The summed E-state index contributed by atoms with van der Waals surface area (Å²) in [5.41, 5.74) is -1.19. The summed E-state index contributed by atoms with van der Waals surface area (Å²) in [4.78, 5) is 21.9. The molecule has 0 spiro atoms. The van der Waals surface area contributed by atoms with Crippen molar-refractivity contribution in [3.8, 4) is 0 Å². The first kappa shape index (κ1) is 10.2. The zero-order valence-corrected chi connectivity index (χ0v) is 7.94. The fourth-order valence-corrected chi connectivity index (χ4v) is 0.824. The van der Waals surface area contributed by atoms with Crippen molar-refractivity contribution in [2.75, 3.05) is 0 Å². The van der Waals surface area contributed by atoms with Gasteiger partial charge in [-0.3, -0.25) is 0 Å². The summed E-state index contributed by atoms with van der Waals surface area (Å²) in [6.45, 7) is 3.28. The minimum absolute atomic E-state index is 0.442. The highest BCUT2D eigenvalue weighted by Crippen LogP contribution is 1.91. The Labute approximate surface area is 80.1 Å². The smallest absolute Gasteiger partial charge is 0.336 e. The van der Waals surface area contributed by atoms with Crippen LogP contribution in [0.4, 0.5) is 0 Å². The van der Waals surface area contributed by atoms with E-state index in [4.69, 9.17) is 8.83 Å². The van der Waals surface area contributed by atoms with Gasteiger partial charge >= 0.3 is 11.3 Å². The number of hydrogen-bond donors (Lipinski definition) is 0. The number of hydrogen-bond acceptors (Lipinski definition) is 4. The van der Waals surface area contributed by atoms with Gasteiger partial charge in [0.15, 0.2) is 0 Å². The lowest BCUT2D eigenvalue weighted by atomic mass is 10.4. The Morgan fingerprint density at radius 1 is 0.786 bits per heavy atom. The summed E-state index contributed by atoms with van der Waals surface area (Å²) < 4.78 is 9.61. The van der Waals surface area contributed by atoms with E-state index >= 15 is 0 Å². The van der Waals surface area contributed by atoms with Crippen LogP contribution < -0.4 is 11.3 Å². The van der Waals surface area contributed by atoms with Gasteiger partial charge in [-0.1, -0.05) is 0 Å². The topological polar surface area (TPSA) is 60.4 Å². The van der Waals surface area contributed by atoms with Crippen molar-refractivity contribution in [2.24, 2.45) is 0 Å². The average molecular weight is 194 g/mol. The summed E-state index contributed by atoms with van der Waals surface area (Å²) in [6, 6.07) is 5.16. The molecular formula is C10H10O4. The predicted molar refractivity (Wildman–Crippen MR) is 50.6 cm³/mol. The third kappa shape index (κ3) is 3.26. The molecule has 4 nitrogen and oxygen atoms in total. The Balaban J connectivity index is 3.58. The second-order valence-electron chi connectivity index (χ2n) is 2.73. The van der Waals surface area contributed by atoms with Crippen LogP contribution in [0.5, 0.6) is 0 Å². The third-order valence-electron chi connectivity index (χ3n) is 1.43. The average Bonchev–Trinajstić information content (AvgIpc) is 2.11. The minimum atomic E-state index is -0.594. The van der Waals surface area contributed by atoms with Gasteiger partial charge < -0.3 is 8.83 Å². The summed E-state index contributed by atoms with van der Waals surface area (Å²) in [6.07, 6.45) is 0. The highest BCUT2D eigenvalue weighted by atomic mass is 16.4. The maximum atomic E-state index is 11.0. The first-order valence-corrected chi connectivity index (χ1v) is 4.05. The second kappa shape index (κ2) is 4.41. The van der Waals surface area contributed by atoms with Crippen molar-refractivity contribution in [3.05, 3.63) is 56.6 Å². The van der Waals surface area contributed by atoms with E-state index in [2.05, 4.69) is 0 Å². The molecule has 1 aromatic rings. The van der Waals surface area contributed by atoms with Crippen LogP contribution in [0, 0.1) is 13.8 Å². The molecule has 0 aliphatic rings. The molecule has 0 N–H and O–H groups in total. The van der Waals surface area contributed by atoms with Gasteiger partial charge in [0.2, 0.25) is 0 Å². The van der Waals surface area contributed by atoms with E-state index in [-0.39, 0.29) is 0 Å². The van der Waals surface area contributed by atoms with Crippen molar-refractivity contribution in [1.82, 2.24) is 0 Å². The van der Waals surface area contributed by atoms with Gasteiger partial charge in [0.1, 0.15) is 11.5 Å². The third-order valence-corrected chi connectivity index (χ3v) is 1.43. The van der Waals surface area contributed by atoms with Gasteiger partial charge in [0.05, 0.1) is 0 Å². The summed E-state index contributed by atoms with van der Waals surface area (Å²) in [5.74, 6) is 0.883. The normalized spacial score (nSPS) is 9.29. The van der Waals surface area contributed by atoms with Gasteiger partial charge in [-0.05, 0) is 26.0 Å². The standard InChI is InChI=1S/C10H10O4/c1-7-3-4-8(2)14-10(12)6-5-9(11)13-7/h3-6H,1-2H3. The molecule has 0 fully saturated rings. The lowest BCUT2D eigenvalue weighted by molar-refractivity contribution is 0.470. The monoisotopic (exact) mass is 194 g/mol. The Morgan fingerprint density at radius 3 is 1.50 bits per heavy atom. The molecule has 1 aromatic heterocycles. The van der Waals surface area contributed by atoms with Crippen LogP contribution >= 0.6 is 0 Å². The molecule has 0 aliphatic heterocycles. The fraction of sp³-hybridized carbons (Fsp3) is 0.200. The van der Waals surface area contributed by atoms with Crippen LogP contribution in [0.3, 0.4) is 0 Å². The highest BCUT2D eigenvalue weighted by Gasteiger charge is 1.86. The fourth-order valence-electron chi connectivity index (χ4n) is 0.824. The lowest BCUT2D eigenvalue weighted by Crippen LogP contribution is -1.98. The molecule has 14 heavy (non-hydrogen) atoms. The molecule has 1 rings (SSSR count). The summed E-state index contributed by atoms with van der Waals surface area (Å²) >= 11 is 0. The van der Waals surface area contributed by atoms with E-state index in [0.717, 1.165) is 12.1 Å². The van der Waals surface area contributed by atoms with E-state index in [0.29, 0.717) is 11.5 Å². The molecule has 0 saturated carbocycles. The van der Waals surface area contributed by atoms with Crippen molar-refractivity contribution < 1.29 is 8.83 Å². The molecule has 0 amide bonds. The Kier molecular flexibility index (Phi) is 3.23. The Hall–Kier alpha value is -1.84. The molecule has 0 atom stereocenters. The van der Waals surface area contributed by atoms with Gasteiger partial charge in [-0.15, -0.1) is 0 Å². The summed E-state index contributed by atoms with van der Waals surface area (Å²) in [5, 5.41) is 0. The van der Waals surface area contributed by atoms with Crippen LogP contribution in [0.25, 0.3) is 0 Å². The van der Waals surface area contributed by atoms with Crippen LogP contribution in [0.1, 0.15) is 11.5 Å². The molecule has 1 heterocycles. The van der Waals surface area contributed by atoms with E-state index in [1.807, 2.05) is 0 Å². The number of rotatable bonds is 0. The van der Waals surface area contributed by atoms with Gasteiger partial charge in [-0.2, -0.15) is 0 Å². The van der Waals surface area contributed by atoms with Crippen LogP contribution in [0.2, 0.25) is 0 Å². The molecule has 0 radical (unpaired) electrons. The molecule has 4 heteroatoms. The van der Waals surface area contributed by atoms with Gasteiger partial charge in [0.25, 0.3) is 0 Å². The van der Waals surface area contributed by atoms with E-state index in [9.17, 15) is 9.59 Å². The van der Waals surface area contributed by atoms with E-state index in [1.165, 1.54) is 0 Å². The van der Waals surface area contributed by atoms with Crippen molar-refractivity contribution in [1.29, 1.82) is 0 Å². The van der Waals surface area contributed by atoms with Crippen LogP contribution in [-0.2, 0) is 0 Å². The van der Waals surface area contributed by atoms with Gasteiger partial charge in [0, 0.05) is 12.1 Å². The second-order valence-corrected chi connectivity index (χ2v) is 2.73. The molecule has 0 saturated heterocycles.